The van der Waals surface area contributed by atoms with Gasteiger partial charge in [0.1, 0.15) is 0 Å². The molecule has 0 saturated heterocycles. The second-order valence-corrected chi connectivity index (χ2v) is 7.53. The van der Waals surface area contributed by atoms with Crippen LogP contribution in [0.3, 0.4) is 0 Å². The van der Waals surface area contributed by atoms with Crippen molar-refractivity contribution in [1.29, 1.82) is 0 Å². The molecule has 1 aromatic carbocycles. The maximum atomic E-state index is 6.44. The first kappa shape index (κ1) is 11.8. The summed E-state index contributed by atoms with van der Waals surface area (Å²) in [5, 5.41) is 2.94. The van der Waals surface area contributed by atoms with E-state index < -0.39 is 0 Å². The standard InChI is InChI=1S/C14H17ClS/c1-11(2)16-9-8-13(14(16)15)10-12-6-4-3-5-7-12/h3-9,11,16H,10H2,1-2H3. The van der Waals surface area contributed by atoms with Crippen LogP contribution < -0.4 is 0 Å². The van der Waals surface area contributed by atoms with Crippen molar-refractivity contribution in [2.45, 2.75) is 25.5 Å². The SMILES string of the molecule is CC(C)[SH]1C=CC(Cc2ccccc2)=C1Cl. The van der Waals surface area contributed by atoms with Crippen LogP contribution in [0.25, 0.3) is 0 Å². The van der Waals surface area contributed by atoms with Crippen molar-refractivity contribution < 1.29 is 0 Å². The second-order valence-electron chi connectivity index (χ2n) is 4.30. The van der Waals surface area contributed by atoms with Gasteiger partial charge in [-0.05, 0) is 28.2 Å². The molecule has 1 heterocycles. The van der Waals surface area contributed by atoms with Gasteiger partial charge in [-0.2, -0.15) is 10.9 Å². The predicted molar refractivity (Wildman–Crippen MR) is 76.3 cm³/mol. The van der Waals surface area contributed by atoms with Gasteiger partial charge in [0.15, 0.2) is 0 Å². The lowest BCUT2D eigenvalue weighted by molar-refractivity contribution is 1.11. The maximum absolute atomic E-state index is 6.44. The first-order valence-electron chi connectivity index (χ1n) is 5.57. The highest BCUT2D eigenvalue weighted by Gasteiger charge is 2.18. The van der Waals surface area contributed by atoms with Crippen LogP contribution in [-0.2, 0) is 6.42 Å². The predicted octanol–water partition coefficient (Wildman–Crippen LogP) is 4.62. The van der Waals surface area contributed by atoms with Gasteiger partial charge in [-0.25, -0.2) is 0 Å². The summed E-state index contributed by atoms with van der Waals surface area (Å²) in [6.07, 6.45) is 3.17. The molecule has 0 nitrogen and oxygen atoms in total. The summed E-state index contributed by atoms with van der Waals surface area (Å²) in [5.74, 6) is 0. The Hall–Kier alpha value is -0.660. The Labute approximate surface area is 105 Å². The minimum absolute atomic E-state index is 0.236. The molecule has 0 fully saturated rings. The lowest BCUT2D eigenvalue weighted by Gasteiger charge is -2.18. The van der Waals surface area contributed by atoms with Crippen LogP contribution in [0, 0.1) is 0 Å². The Kier molecular flexibility index (Phi) is 3.78. The molecule has 2 heteroatoms. The highest BCUT2D eigenvalue weighted by Crippen LogP contribution is 2.50. The van der Waals surface area contributed by atoms with Crippen molar-refractivity contribution >= 4 is 22.5 Å². The lowest BCUT2D eigenvalue weighted by Crippen LogP contribution is -1.93. The number of thiol groups is 1. The number of rotatable bonds is 3. The molecule has 0 saturated carbocycles. The molecule has 1 aliphatic rings. The van der Waals surface area contributed by atoms with Crippen molar-refractivity contribution in [2.75, 3.05) is 0 Å². The molecular formula is C14H17ClS. The van der Waals surface area contributed by atoms with Gasteiger partial charge < -0.3 is 0 Å². The fourth-order valence-electron chi connectivity index (χ4n) is 1.82. The Bertz CT molecular complexity index is 418. The van der Waals surface area contributed by atoms with E-state index in [4.69, 9.17) is 11.6 Å². The smallest absolute Gasteiger partial charge is 0.0612 e. The third-order valence-electron chi connectivity index (χ3n) is 2.72. The van der Waals surface area contributed by atoms with Gasteiger partial charge in [0.2, 0.25) is 0 Å². The van der Waals surface area contributed by atoms with Crippen LogP contribution in [0.4, 0.5) is 0 Å². The zero-order chi connectivity index (χ0) is 11.5. The Morgan fingerprint density at radius 2 is 1.88 bits per heavy atom. The van der Waals surface area contributed by atoms with Gasteiger partial charge in [0.05, 0.1) is 4.36 Å². The third-order valence-corrected chi connectivity index (χ3v) is 5.87. The van der Waals surface area contributed by atoms with E-state index in [0.717, 1.165) is 10.8 Å². The molecule has 2 rings (SSSR count). The average Bonchev–Trinajstić information content (AvgIpc) is 2.62. The van der Waals surface area contributed by atoms with E-state index in [0.29, 0.717) is 5.25 Å². The minimum Gasteiger partial charge on any atom is -0.194 e. The van der Waals surface area contributed by atoms with E-state index in [1.54, 1.807) is 0 Å². The summed E-state index contributed by atoms with van der Waals surface area (Å²) in [7, 11) is -0.236. The van der Waals surface area contributed by atoms with Gasteiger partial charge in [0.25, 0.3) is 0 Å². The topological polar surface area (TPSA) is 0 Å². The van der Waals surface area contributed by atoms with Crippen LogP contribution in [0.2, 0.25) is 0 Å². The van der Waals surface area contributed by atoms with E-state index in [1.807, 2.05) is 6.07 Å². The monoisotopic (exact) mass is 252 g/mol. The molecule has 0 amide bonds. The Balaban J connectivity index is 2.15. The van der Waals surface area contributed by atoms with Gasteiger partial charge in [-0.15, -0.1) is 0 Å². The van der Waals surface area contributed by atoms with Crippen LogP contribution in [0.1, 0.15) is 19.4 Å². The molecular weight excluding hydrogens is 236 g/mol. The molecule has 0 radical (unpaired) electrons. The number of benzene rings is 1. The van der Waals surface area contributed by atoms with Gasteiger partial charge in [-0.3, -0.25) is 0 Å². The van der Waals surface area contributed by atoms with E-state index in [-0.39, 0.29) is 10.9 Å². The first-order chi connectivity index (χ1) is 7.68. The normalized spacial score (nSPS) is 22.1. The molecule has 1 aliphatic heterocycles. The van der Waals surface area contributed by atoms with Crippen molar-refractivity contribution in [1.82, 2.24) is 0 Å². The summed E-state index contributed by atoms with van der Waals surface area (Å²) in [4.78, 5) is 0. The number of halogens is 1. The highest BCUT2D eigenvalue weighted by atomic mass is 35.5. The lowest BCUT2D eigenvalue weighted by atomic mass is 10.1. The minimum atomic E-state index is -0.236. The quantitative estimate of drug-likeness (QED) is 0.746. The van der Waals surface area contributed by atoms with E-state index in [9.17, 15) is 0 Å². The summed E-state index contributed by atoms with van der Waals surface area (Å²) < 4.78 is 1.09. The molecule has 0 aliphatic carbocycles. The van der Waals surface area contributed by atoms with Crippen LogP contribution in [0.15, 0.2) is 51.8 Å². The third kappa shape index (κ3) is 2.53. The second kappa shape index (κ2) is 5.11. The summed E-state index contributed by atoms with van der Waals surface area (Å²) >= 11 is 6.44. The summed E-state index contributed by atoms with van der Waals surface area (Å²) in [6.45, 7) is 4.48. The molecule has 0 aromatic heterocycles. The fraction of sp³-hybridized carbons (Fsp3) is 0.286. The zero-order valence-electron chi connectivity index (χ0n) is 9.65. The van der Waals surface area contributed by atoms with Crippen LogP contribution >= 0.6 is 22.5 Å². The van der Waals surface area contributed by atoms with Crippen molar-refractivity contribution in [3.8, 4) is 0 Å². The van der Waals surface area contributed by atoms with Crippen molar-refractivity contribution in [2.24, 2.45) is 0 Å². The molecule has 16 heavy (non-hydrogen) atoms. The van der Waals surface area contributed by atoms with E-state index >= 15 is 0 Å². The summed E-state index contributed by atoms with van der Waals surface area (Å²) in [6, 6.07) is 10.5. The molecule has 0 bridgehead atoms. The van der Waals surface area contributed by atoms with E-state index in [1.165, 1.54) is 11.1 Å². The van der Waals surface area contributed by atoms with Crippen molar-refractivity contribution in [3.63, 3.8) is 0 Å². The van der Waals surface area contributed by atoms with Crippen LogP contribution in [0.5, 0.6) is 0 Å². The number of allylic oxidation sites excluding steroid dienone is 2. The molecule has 0 N–H and O–H groups in total. The molecule has 1 atom stereocenters. The number of hydrogen-bond acceptors (Lipinski definition) is 0. The molecule has 1 aromatic rings. The van der Waals surface area contributed by atoms with E-state index in [2.05, 4.69) is 49.6 Å². The fourth-order valence-corrected chi connectivity index (χ4v) is 4.46. The van der Waals surface area contributed by atoms with Crippen LogP contribution in [-0.4, -0.2) is 5.25 Å². The first-order valence-corrected chi connectivity index (χ1v) is 7.43. The number of hydrogen-bond donors (Lipinski definition) is 1. The summed E-state index contributed by atoms with van der Waals surface area (Å²) in [5.41, 5.74) is 2.63. The highest BCUT2D eigenvalue weighted by molar-refractivity contribution is 8.24. The Morgan fingerprint density at radius 3 is 2.44 bits per heavy atom. The average molecular weight is 253 g/mol. The largest absolute Gasteiger partial charge is 0.194 e. The Morgan fingerprint density at radius 1 is 1.19 bits per heavy atom. The molecule has 1 unspecified atom stereocenters. The zero-order valence-corrected chi connectivity index (χ0v) is 11.3. The molecule has 0 spiro atoms. The van der Waals surface area contributed by atoms with Crippen molar-refractivity contribution in [3.05, 3.63) is 57.3 Å². The van der Waals surface area contributed by atoms with Gasteiger partial charge in [0, 0.05) is 0 Å². The maximum Gasteiger partial charge on any atom is 0.0612 e. The van der Waals surface area contributed by atoms with Gasteiger partial charge >= 0.3 is 0 Å². The van der Waals surface area contributed by atoms with Gasteiger partial charge in [-0.1, -0.05) is 61.9 Å². The molecule has 86 valence electrons.